The summed E-state index contributed by atoms with van der Waals surface area (Å²) in [6, 6.07) is 3.98. The summed E-state index contributed by atoms with van der Waals surface area (Å²) in [7, 11) is 0. The van der Waals surface area contributed by atoms with Crippen molar-refractivity contribution in [2.75, 3.05) is 26.3 Å². The van der Waals surface area contributed by atoms with Gasteiger partial charge in [-0.3, -0.25) is 9.78 Å². The molecule has 5 nitrogen and oxygen atoms in total. The SMILES string of the molecule is O=C(C1CC1)N1CCC2(CC1)OCCC2CCOCc1cccnc1. The number of likely N-dealkylation sites (tertiary alicyclic amines) is 1. The van der Waals surface area contributed by atoms with Crippen LogP contribution < -0.4 is 0 Å². The van der Waals surface area contributed by atoms with E-state index in [0.29, 0.717) is 24.3 Å². The van der Waals surface area contributed by atoms with Gasteiger partial charge in [0.15, 0.2) is 0 Å². The molecule has 1 amide bonds. The van der Waals surface area contributed by atoms with E-state index < -0.39 is 0 Å². The van der Waals surface area contributed by atoms with Gasteiger partial charge in [-0.05, 0) is 56.1 Å². The highest BCUT2D eigenvalue weighted by molar-refractivity contribution is 5.81. The van der Waals surface area contributed by atoms with E-state index in [4.69, 9.17) is 9.47 Å². The molecule has 1 aromatic rings. The third-order valence-corrected chi connectivity index (χ3v) is 6.05. The smallest absolute Gasteiger partial charge is 0.225 e. The highest BCUT2D eigenvalue weighted by atomic mass is 16.5. The van der Waals surface area contributed by atoms with Crippen LogP contribution in [0.15, 0.2) is 24.5 Å². The molecule has 1 aromatic heterocycles. The maximum atomic E-state index is 12.3. The van der Waals surface area contributed by atoms with Crippen LogP contribution in [0.3, 0.4) is 0 Å². The van der Waals surface area contributed by atoms with Crippen molar-refractivity contribution < 1.29 is 14.3 Å². The number of rotatable bonds is 6. The van der Waals surface area contributed by atoms with Crippen molar-refractivity contribution in [3.05, 3.63) is 30.1 Å². The Morgan fingerprint density at radius 1 is 1.32 bits per heavy atom. The zero-order chi connectivity index (χ0) is 17.1. The summed E-state index contributed by atoms with van der Waals surface area (Å²) in [5.41, 5.74) is 1.10. The van der Waals surface area contributed by atoms with Gasteiger partial charge in [0.05, 0.1) is 12.2 Å². The quantitative estimate of drug-likeness (QED) is 0.745. The molecule has 0 bridgehead atoms. The number of aromatic nitrogens is 1. The molecule has 3 fully saturated rings. The lowest BCUT2D eigenvalue weighted by molar-refractivity contribution is -0.139. The van der Waals surface area contributed by atoms with Gasteiger partial charge in [-0.15, -0.1) is 0 Å². The van der Waals surface area contributed by atoms with Gasteiger partial charge in [0.1, 0.15) is 0 Å². The van der Waals surface area contributed by atoms with E-state index in [1.807, 2.05) is 18.3 Å². The first-order valence-electron chi connectivity index (χ1n) is 9.66. The predicted molar refractivity (Wildman–Crippen MR) is 93.8 cm³/mol. The van der Waals surface area contributed by atoms with Gasteiger partial charge in [-0.2, -0.15) is 0 Å². The van der Waals surface area contributed by atoms with Crippen LogP contribution in [0.2, 0.25) is 0 Å². The normalized spacial score (nSPS) is 25.4. The summed E-state index contributed by atoms with van der Waals surface area (Å²) in [5.74, 6) is 1.26. The van der Waals surface area contributed by atoms with Crippen LogP contribution in [-0.2, 0) is 20.9 Å². The Morgan fingerprint density at radius 3 is 2.88 bits per heavy atom. The van der Waals surface area contributed by atoms with E-state index in [0.717, 1.165) is 70.4 Å². The molecule has 1 spiro atoms. The second-order valence-electron chi connectivity index (χ2n) is 7.70. The molecule has 3 aliphatic rings. The van der Waals surface area contributed by atoms with E-state index in [2.05, 4.69) is 9.88 Å². The number of piperidine rings is 1. The van der Waals surface area contributed by atoms with Crippen molar-refractivity contribution in [1.82, 2.24) is 9.88 Å². The summed E-state index contributed by atoms with van der Waals surface area (Å²) >= 11 is 0. The molecule has 1 saturated carbocycles. The van der Waals surface area contributed by atoms with Gasteiger partial charge in [-0.25, -0.2) is 0 Å². The molecule has 4 rings (SSSR count). The van der Waals surface area contributed by atoms with Crippen LogP contribution in [-0.4, -0.2) is 47.7 Å². The zero-order valence-electron chi connectivity index (χ0n) is 14.9. The van der Waals surface area contributed by atoms with Crippen molar-refractivity contribution in [1.29, 1.82) is 0 Å². The second-order valence-corrected chi connectivity index (χ2v) is 7.70. The predicted octanol–water partition coefficient (Wildman–Crippen LogP) is 2.80. The summed E-state index contributed by atoms with van der Waals surface area (Å²) < 4.78 is 12.1. The van der Waals surface area contributed by atoms with Gasteiger partial charge in [0.25, 0.3) is 0 Å². The van der Waals surface area contributed by atoms with E-state index >= 15 is 0 Å². The largest absolute Gasteiger partial charge is 0.377 e. The molecule has 3 heterocycles. The van der Waals surface area contributed by atoms with Gasteiger partial charge < -0.3 is 14.4 Å². The summed E-state index contributed by atoms with van der Waals surface area (Å²) in [6.07, 6.45) is 9.94. The lowest BCUT2D eigenvalue weighted by Crippen LogP contribution is -2.50. The van der Waals surface area contributed by atoms with E-state index in [1.165, 1.54) is 0 Å². The second kappa shape index (κ2) is 7.42. The molecular formula is C20H28N2O3. The van der Waals surface area contributed by atoms with Crippen LogP contribution in [0.25, 0.3) is 0 Å². The summed E-state index contributed by atoms with van der Waals surface area (Å²) in [6.45, 7) is 3.96. The van der Waals surface area contributed by atoms with Crippen molar-refractivity contribution in [2.24, 2.45) is 11.8 Å². The topological polar surface area (TPSA) is 51.7 Å². The highest BCUT2D eigenvalue weighted by Gasteiger charge is 2.47. The lowest BCUT2D eigenvalue weighted by Gasteiger charge is -2.42. The molecule has 0 radical (unpaired) electrons. The average Bonchev–Trinajstić information content (AvgIpc) is 3.44. The fourth-order valence-corrected chi connectivity index (χ4v) is 4.34. The van der Waals surface area contributed by atoms with E-state index in [-0.39, 0.29) is 5.60 Å². The van der Waals surface area contributed by atoms with Gasteiger partial charge in [0.2, 0.25) is 5.91 Å². The minimum Gasteiger partial charge on any atom is -0.377 e. The molecular weight excluding hydrogens is 316 g/mol. The Labute approximate surface area is 149 Å². The van der Waals surface area contributed by atoms with E-state index in [1.54, 1.807) is 6.20 Å². The van der Waals surface area contributed by atoms with E-state index in [9.17, 15) is 4.79 Å². The summed E-state index contributed by atoms with van der Waals surface area (Å²) in [5, 5.41) is 0. The first-order valence-corrected chi connectivity index (χ1v) is 9.66. The monoisotopic (exact) mass is 344 g/mol. The van der Waals surface area contributed by atoms with Crippen LogP contribution in [0.1, 0.15) is 44.1 Å². The van der Waals surface area contributed by atoms with Crippen LogP contribution in [0, 0.1) is 11.8 Å². The average molecular weight is 344 g/mol. The molecule has 5 heteroatoms. The number of carbonyl (C=O) groups excluding carboxylic acids is 1. The summed E-state index contributed by atoms with van der Waals surface area (Å²) in [4.78, 5) is 18.4. The first-order chi connectivity index (χ1) is 12.3. The van der Waals surface area contributed by atoms with Crippen molar-refractivity contribution in [3.63, 3.8) is 0 Å². The molecule has 2 saturated heterocycles. The molecule has 2 aliphatic heterocycles. The third kappa shape index (κ3) is 3.87. The molecule has 1 atom stereocenters. The minimum atomic E-state index is -0.0159. The molecule has 0 aromatic carbocycles. The van der Waals surface area contributed by atoms with Crippen molar-refractivity contribution in [3.8, 4) is 0 Å². The van der Waals surface area contributed by atoms with Crippen LogP contribution >= 0.6 is 0 Å². The molecule has 136 valence electrons. The Morgan fingerprint density at radius 2 is 2.16 bits per heavy atom. The number of hydrogen-bond donors (Lipinski definition) is 0. The lowest BCUT2D eigenvalue weighted by atomic mass is 9.78. The number of amides is 1. The Kier molecular flexibility index (Phi) is 5.04. The molecule has 0 N–H and O–H groups in total. The Hall–Kier alpha value is -1.46. The van der Waals surface area contributed by atoms with Crippen LogP contribution in [0.4, 0.5) is 0 Å². The highest BCUT2D eigenvalue weighted by Crippen LogP contribution is 2.43. The number of pyridine rings is 1. The van der Waals surface area contributed by atoms with Crippen LogP contribution in [0.5, 0.6) is 0 Å². The molecule has 1 aliphatic carbocycles. The maximum Gasteiger partial charge on any atom is 0.225 e. The van der Waals surface area contributed by atoms with Gasteiger partial charge in [-0.1, -0.05) is 6.07 Å². The number of ether oxygens (including phenoxy) is 2. The number of nitrogens with zero attached hydrogens (tertiary/aromatic N) is 2. The van der Waals surface area contributed by atoms with Crippen molar-refractivity contribution in [2.45, 2.75) is 50.7 Å². The molecule has 25 heavy (non-hydrogen) atoms. The molecule has 1 unspecified atom stereocenters. The minimum absolute atomic E-state index is 0.0159. The number of carbonyl (C=O) groups is 1. The van der Waals surface area contributed by atoms with Crippen molar-refractivity contribution >= 4 is 5.91 Å². The fraction of sp³-hybridized carbons (Fsp3) is 0.700. The standard InChI is InChI=1S/C20H28N2O3/c23-19(17-3-4-17)22-10-7-20(8-11-22)18(6-13-25-20)5-12-24-15-16-2-1-9-21-14-16/h1-2,9,14,17-18H,3-8,10-13,15H2. The Balaban J connectivity index is 1.24. The van der Waals surface area contributed by atoms with Gasteiger partial charge >= 0.3 is 0 Å². The maximum absolute atomic E-state index is 12.3. The number of hydrogen-bond acceptors (Lipinski definition) is 4. The van der Waals surface area contributed by atoms with Gasteiger partial charge in [0, 0.05) is 44.6 Å². The first kappa shape index (κ1) is 17.0. The Bertz CT molecular complexity index is 580. The third-order valence-electron chi connectivity index (χ3n) is 6.05. The fourth-order valence-electron chi connectivity index (χ4n) is 4.34. The zero-order valence-corrected chi connectivity index (χ0v) is 14.9.